The van der Waals surface area contributed by atoms with Gasteiger partial charge in [-0.2, -0.15) is 0 Å². The normalized spacial score (nSPS) is 26.8. The number of rotatable bonds is 3. The molecule has 0 spiro atoms. The molecule has 2 atom stereocenters. The van der Waals surface area contributed by atoms with Crippen LogP contribution in [0.1, 0.15) is 37.0 Å². The van der Waals surface area contributed by atoms with Crippen LogP contribution in [0.15, 0.2) is 24.7 Å². The summed E-state index contributed by atoms with van der Waals surface area (Å²) in [6.45, 7) is 1.63. The minimum atomic E-state index is 0.0561. The molecule has 0 radical (unpaired) electrons. The van der Waals surface area contributed by atoms with Crippen LogP contribution in [-0.2, 0) is 4.74 Å². The number of ether oxygens (including phenoxy) is 1. The molecule has 0 amide bonds. The van der Waals surface area contributed by atoms with Crippen LogP contribution in [0.2, 0.25) is 0 Å². The van der Waals surface area contributed by atoms with E-state index in [1.165, 1.54) is 0 Å². The van der Waals surface area contributed by atoms with E-state index in [1.54, 1.807) is 0 Å². The second-order valence-electron chi connectivity index (χ2n) is 4.97. The van der Waals surface area contributed by atoms with Crippen molar-refractivity contribution in [1.29, 1.82) is 0 Å². The van der Waals surface area contributed by atoms with Crippen LogP contribution in [0, 0.1) is 5.92 Å². The molecule has 1 aromatic rings. The molecular formula is C13H19N3O. The summed E-state index contributed by atoms with van der Waals surface area (Å²) >= 11 is 0. The van der Waals surface area contributed by atoms with Gasteiger partial charge in [-0.05, 0) is 19.3 Å². The molecule has 4 heteroatoms. The Kier molecular flexibility index (Phi) is 2.99. The molecule has 1 fully saturated rings. The fourth-order valence-electron chi connectivity index (χ4n) is 2.79. The molecule has 1 aliphatic heterocycles. The first-order valence-electron chi connectivity index (χ1n) is 6.36. The maximum Gasteiger partial charge on any atom is 0.0951 e. The maximum atomic E-state index is 6.35. The first kappa shape index (κ1) is 11.0. The zero-order valence-corrected chi connectivity index (χ0v) is 9.96. The van der Waals surface area contributed by atoms with E-state index in [-0.39, 0.29) is 6.04 Å². The quantitative estimate of drug-likeness (QED) is 0.810. The smallest absolute Gasteiger partial charge is 0.0951 e. The van der Waals surface area contributed by atoms with Crippen LogP contribution in [0.25, 0.3) is 0 Å². The number of imidazole rings is 1. The average Bonchev–Trinajstić information content (AvgIpc) is 3.09. The van der Waals surface area contributed by atoms with Crippen LogP contribution < -0.4 is 5.73 Å². The van der Waals surface area contributed by atoms with E-state index in [2.05, 4.69) is 21.7 Å². The van der Waals surface area contributed by atoms with E-state index in [0.717, 1.165) is 38.2 Å². The zero-order valence-electron chi connectivity index (χ0n) is 9.96. The van der Waals surface area contributed by atoms with Crippen molar-refractivity contribution in [1.82, 2.24) is 9.55 Å². The maximum absolute atomic E-state index is 6.35. The summed E-state index contributed by atoms with van der Waals surface area (Å²) in [5, 5.41) is 0. The van der Waals surface area contributed by atoms with Crippen molar-refractivity contribution in [3.8, 4) is 0 Å². The summed E-state index contributed by atoms with van der Waals surface area (Å²) in [4.78, 5) is 4.27. The number of allylic oxidation sites excluding steroid dienone is 2. The predicted octanol–water partition coefficient (Wildman–Crippen LogP) is 1.81. The molecule has 0 bridgehead atoms. The molecule has 1 saturated heterocycles. The minimum Gasteiger partial charge on any atom is -0.381 e. The number of hydrogen-bond donors (Lipinski definition) is 1. The Labute approximate surface area is 101 Å². The predicted molar refractivity (Wildman–Crippen MR) is 65.5 cm³/mol. The number of hydrogen-bond acceptors (Lipinski definition) is 3. The lowest BCUT2D eigenvalue weighted by atomic mass is 9.97. The highest BCUT2D eigenvalue weighted by atomic mass is 16.5. The average molecular weight is 233 g/mol. The van der Waals surface area contributed by atoms with E-state index in [4.69, 9.17) is 10.5 Å². The Bertz CT molecular complexity index is 399. The van der Waals surface area contributed by atoms with E-state index in [0.29, 0.717) is 12.0 Å². The van der Waals surface area contributed by atoms with Gasteiger partial charge >= 0.3 is 0 Å². The van der Waals surface area contributed by atoms with E-state index in [1.807, 2.05) is 12.5 Å². The molecule has 0 aromatic carbocycles. The van der Waals surface area contributed by atoms with Gasteiger partial charge in [-0.15, -0.1) is 0 Å². The number of aromatic nitrogens is 2. The van der Waals surface area contributed by atoms with Gasteiger partial charge in [0.05, 0.1) is 24.7 Å². The van der Waals surface area contributed by atoms with Gasteiger partial charge in [-0.25, -0.2) is 4.98 Å². The van der Waals surface area contributed by atoms with Gasteiger partial charge in [-0.1, -0.05) is 12.2 Å². The van der Waals surface area contributed by atoms with Crippen molar-refractivity contribution in [2.24, 2.45) is 11.7 Å². The lowest BCUT2D eigenvalue weighted by molar-refractivity contribution is 0.180. The van der Waals surface area contributed by atoms with Gasteiger partial charge in [-0.3, -0.25) is 0 Å². The Hall–Kier alpha value is -1.13. The molecule has 2 heterocycles. The lowest BCUT2D eigenvalue weighted by Crippen LogP contribution is -2.25. The fraction of sp³-hybridized carbons (Fsp3) is 0.615. The standard InChI is InChI=1S/C13H19N3O/c14-13(10-5-6-17-8-10)12-7-15-9-16(12)11-3-1-2-4-11/h1-2,7,9-11,13H,3-6,8,14H2. The topological polar surface area (TPSA) is 53.1 Å². The molecule has 2 aliphatic rings. The largest absolute Gasteiger partial charge is 0.381 e. The summed E-state index contributed by atoms with van der Waals surface area (Å²) in [5.74, 6) is 0.444. The minimum absolute atomic E-state index is 0.0561. The van der Waals surface area contributed by atoms with Crippen LogP contribution in [0.5, 0.6) is 0 Å². The van der Waals surface area contributed by atoms with E-state index in [9.17, 15) is 0 Å². The monoisotopic (exact) mass is 233 g/mol. The highest BCUT2D eigenvalue weighted by molar-refractivity contribution is 5.11. The Morgan fingerprint density at radius 1 is 1.41 bits per heavy atom. The Morgan fingerprint density at radius 3 is 2.94 bits per heavy atom. The molecule has 2 unspecified atom stereocenters. The van der Waals surface area contributed by atoms with Crippen LogP contribution >= 0.6 is 0 Å². The highest BCUT2D eigenvalue weighted by Gasteiger charge is 2.27. The molecule has 92 valence electrons. The summed E-state index contributed by atoms with van der Waals surface area (Å²) in [7, 11) is 0. The Balaban J connectivity index is 1.79. The Morgan fingerprint density at radius 2 is 2.24 bits per heavy atom. The first-order chi connectivity index (χ1) is 8.36. The molecule has 17 heavy (non-hydrogen) atoms. The zero-order chi connectivity index (χ0) is 11.7. The summed E-state index contributed by atoms with van der Waals surface area (Å²) in [6.07, 6.45) is 11.6. The van der Waals surface area contributed by atoms with Crippen molar-refractivity contribution in [2.75, 3.05) is 13.2 Å². The van der Waals surface area contributed by atoms with Gasteiger partial charge in [0.2, 0.25) is 0 Å². The van der Waals surface area contributed by atoms with Crippen LogP contribution in [-0.4, -0.2) is 22.8 Å². The van der Waals surface area contributed by atoms with Gasteiger partial charge in [0.25, 0.3) is 0 Å². The number of nitrogens with two attached hydrogens (primary N) is 1. The summed E-state index contributed by atoms with van der Waals surface area (Å²) < 4.78 is 7.67. The van der Waals surface area contributed by atoms with Crippen molar-refractivity contribution in [3.05, 3.63) is 30.4 Å². The molecule has 2 N–H and O–H groups in total. The summed E-state index contributed by atoms with van der Waals surface area (Å²) in [6, 6.07) is 0.571. The van der Waals surface area contributed by atoms with E-state index >= 15 is 0 Å². The summed E-state index contributed by atoms with van der Waals surface area (Å²) in [5.41, 5.74) is 7.51. The molecular weight excluding hydrogens is 214 g/mol. The van der Waals surface area contributed by atoms with Gasteiger partial charge < -0.3 is 15.0 Å². The molecule has 1 aromatic heterocycles. The van der Waals surface area contributed by atoms with Crippen molar-refractivity contribution in [2.45, 2.75) is 31.3 Å². The third-order valence-electron chi connectivity index (χ3n) is 3.89. The van der Waals surface area contributed by atoms with Gasteiger partial charge in [0.15, 0.2) is 0 Å². The number of nitrogens with zero attached hydrogens (tertiary/aromatic N) is 2. The van der Waals surface area contributed by atoms with Crippen molar-refractivity contribution < 1.29 is 4.74 Å². The SMILES string of the molecule is NC(c1cncn1C1CC=CC1)C1CCOC1. The third-order valence-corrected chi connectivity index (χ3v) is 3.89. The fourth-order valence-corrected chi connectivity index (χ4v) is 2.79. The molecule has 1 aliphatic carbocycles. The lowest BCUT2D eigenvalue weighted by Gasteiger charge is -2.22. The second kappa shape index (κ2) is 4.63. The highest BCUT2D eigenvalue weighted by Crippen LogP contribution is 2.31. The van der Waals surface area contributed by atoms with Crippen molar-refractivity contribution >= 4 is 0 Å². The van der Waals surface area contributed by atoms with Gasteiger partial charge in [0.1, 0.15) is 0 Å². The van der Waals surface area contributed by atoms with Gasteiger partial charge in [0, 0.05) is 24.8 Å². The molecule has 0 saturated carbocycles. The third kappa shape index (κ3) is 2.03. The van der Waals surface area contributed by atoms with Crippen molar-refractivity contribution in [3.63, 3.8) is 0 Å². The molecule has 3 rings (SSSR count). The van der Waals surface area contributed by atoms with Crippen LogP contribution in [0.3, 0.4) is 0 Å². The second-order valence-corrected chi connectivity index (χ2v) is 4.97. The molecule has 4 nitrogen and oxygen atoms in total. The van der Waals surface area contributed by atoms with E-state index < -0.39 is 0 Å². The first-order valence-corrected chi connectivity index (χ1v) is 6.36. The van der Waals surface area contributed by atoms with Crippen LogP contribution in [0.4, 0.5) is 0 Å².